The molecule has 1 aromatic rings. The average Bonchev–Trinajstić information content (AvgIpc) is 2.90. The molecule has 0 aromatic carbocycles. The van der Waals surface area contributed by atoms with Gasteiger partial charge in [-0.1, -0.05) is 12.8 Å². The topological polar surface area (TPSA) is 57.8 Å². The van der Waals surface area contributed by atoms with Crippen LogP contribution in [0.1, 0.15) is 31.4 Å². The van der Waals surface area contributed by atoms with E-state index >= 15 is 0 Å². The summed E-state index contributed by atoms with van der Waals surface area (Å²) in [6.45, 7) is 0.706. The Morgan fingerprint density at radius 1 is 1.53 bits per heavy atom. The van der Waals surface area contributed by atoms with Gasteiger partial charge in [0.05, 0.1) is 6.33 Å². The van der Waals surface area contributed by atoms with Crippen molar-refractivity contribution < 1.29 is 4.79 Å². The molecule has 1 saturated carbocycles. The first kappa shape index (κ1) is 10.2. The second-order valence-corrected chi connectivity index (χ2v) is 4.10. The molecule has 1 fully saturated rings. The van der Waals surface area contributed by atoms with E-state index in [0.29, 0.717) is 6.54 Å². The van der Waals surface area contributed by atoms with Gasteiger partial charge in [-0.15, -0.1) is 0 Å². The highest BCUT2D eigenvalue weighted by Gasteiger charge is 2.21. The summed E-state index contributed by atoms with van der Waals surface area (Å²) >= 11 is 0. The predicted octanol–water partition coefficient (Wildman–Crippen LogP) is 1.26. The normalized spacial score (nSPS) is 16.8. The maximum absolute atomic E-state index is 11.6. The summed E-state index contributed by atoms with van der Waals surface area (Å²) < 4.78 is 0. The number of amides is 1. The van der Waals surface area contributed by atoms with E-state index in [0.717, 1.165) is 25.0 Å². The molecule has 1 aliphatic rings. The van der Waals surface area contributed by atoms with Gasteiger partial charge < -0.3 is 10.3 Å². The molecule has 82 valence electrons. The molecule has 0 saturated heterocycles. The van der Waals surface area contributed by atoms with Gasteiger partial charge in [0.2, 0.25) is 5.91 Å². The Balaban J connectivity index is 1.67. The molecule has 1 aliphatic carbocycles. The molecule has 0 spiro atoms. The zero-order chi connectivity index (χ0) is 10.5. The summed E-state index contributed by atoms with van der Waals surface area (Å²) in [6.07, 6.45) is 8.83. The lowest BCUT2D eigenvalue weighted by molar-refractivity contribution is -0.124. The lowest BCUT2D eigenvalue weighted by atomic mass is 10.1. The van der Waals surface area contributed by atoms with Crippen LogP contribution in [-0.2, 0) is 11.2 Å². The Morgan fingerprint density at radius 2 is 2.33 bits per heavy atom. The highest BCUT2D eigenvalue weighted by molar-refractivity contribution is 5.78. The number of hydrogen-bond donors (Lipinski definition) is 2. The van der Waals surface area contributed by atoms with E-state index < -0.39 is 0 Å². The number of H-pyrrole nitrogens is 1. The predicted molar refractivity (Wildman–Crippen MR) is 57.3 cm³/mol. The molecule has 0 radical (unpaired) electrons. The van der Waals surface area contributed by atoms with Crippen molar-refractivity contribution in [1.82, 2.24) is 15.3 Å². The lowest BCUT2D eigenvalue weighted by Gasteiger charge is -2.09. The Hall–Kier alpha value is -1.32. The van der Waals surface area contributed by atoms with Gasteiger partial charge in [-0.3, -0.25) is 4.79 Å². The first-order valence-corrected chi connectivity index (χ1v) is 5.61. The third kappa shape index (κ3) is 2.81. The van der Waals surface area contributed by atoms with E-state index in [-0.39, 0.29) is 11.8 Å². The fourth-order valence-electron chi connectivity index (χ4n) is 2.07. The molecule has 1 amide bonds. The highest BCUT2D eigenvalue weighted by atomic mass is 16.1. The average molecular weight is 207 g/mol. The van der Waals surface area contributed by atoms with E-state index in [1.54, 1.807) is 12.5 Å². The smallest absolute Gasteiger partial charge is 0.223 e. The molecule has 0 unspecified atom stereocenters. The van der Waals surface area contributed by atoms with Crippen LogP contribution < -0.4 is 5.32 Å². The van der Waals surface area contributed by atoms with Crippen molar-refractivity contribution in [3.8, 4) is 0 Å². The number of nitrogens with one attached hydrogen (secondary N) is 2. The minimum atomic E-state index is 0.229. The van der Waals surface area contributed by atoms with Gasteiger partial charge in [0, 0.05) is 30.8 Å². The summed E-state index contributed by atoms with van der Waals surface area (Å²) in [4.78, 5) is 18.6. The van der Waals surface area contributed by atoms with E-state index in [1.807, 2.05) is 0 Å². The second-order valence-electron chi connectivity index (χ2n) is 4.10. The van der Waals surface area contributed by atoms with Crippen molar-refractivity contribution in [2.75, 3.05) is 6.54 Å². The number of hydrogen-bond acceptors (Lipinski definition) is 2. The molecule has 1 aromatic heterocycles. The van der Waals surface area contributed by atoms with Crippen molar-refractivity contribution in [2.45, 2.75) is 32.1 Å². The third-order valence-corrected chi connectivity index (χ3v) is 2.97. The number of carbonyl (C=O) groups is 1. The van der Waals surface area contributed by atoms with E-state index in [9.17, 15) is 4.79 Å². The first-order valence-electron chi connectivity index (χ1n) is 5.61. The maximum Gasteiger partial charge on any atom is 0.223 e. The number of rotatable bonds is 4. The number of imidazole rings is 1. The van der Waals surface area contributed by atoms with Crippen LogP contribution in [0, 0.1) is 5.92 Å². The second kappa shape index (κ2) is 4.96. The zero-order valence-corrected chi connectivity index (χ0v) is 8.83. The number of aromatic amines is 1. The van der Waals surface area contributed by atoms with Crippen LogP contribution in [0.5, 0.6) is 0 Å². The Kier molecular flexibility index (Phi) is 3.37. The summed E-state index contributed by atoms with van der Waals surface area (Å²) in [5.41, 5.74) is 1.07. The largest absolute Gasteiger partial charge is 0.355 e. The van der Waals surface area contributed by atoms with Crippen molar-refractivity contribution in [1.29, 1.82) is 0 Å². The molecule has 15 heavy (non-hydrogen) atoms. The summed E-state index contributed by atoms with van der Waals surface area (Å²) in [6, 6.07) is 0. The first-order chi connectivity index (χ1) is 7.36. The van der Waals surface area contributed by atoms with Crippen LogP contribution in [0.25, 0.3) is 0 Å². The van der Waals surface area contributed by atoms with Gasteiger partial charge in [-0.05, 0) is 12.8 Å². The standard InChI is InChI=1S/C11H17N3O/c15-11(9-3-1-2-4-9)13-6-5-10-7-12-8-14-10/h7-9H,1-6H2,(H,12,14)(H,13,15). The van der Waals surface area contributed by atoms with Crippen LogP contribution in [0.2, 0.25) is 0 Å². The van der Waals surface area contributed by atoms with Crippen molar-refractivity contribution in [2.24, 2.45) is 5.92 Å². The molecule has 2 N–H and O–H groups in total. The van der Waals surface area contributed by atoms with Crippen molar-refractivity contribution in [3.63, 3.8) is 0 Å². The van der Waals surface area contributed by atoms with Gasteiger partial charge in [0.25, 0.3) is 0 Å². The molecule has 4 nitrogen and oxygen atoms in total. The summed E-state index contributed by atoms with van der Waals surface area (Å²) in [5, 5.41) is 2.98. The lowest BCUT2D eigenvalue weighted by Crippen LogP contribution is -2.30. The quantitative estimate of drug-likeness (QED) is 0.781. The number of nitrogens with zero attached hydrogens (tertiary/aromatic N) is 1. The van der Waals surface area contributed by atoms with Crippen LogP contribution in [0.3, 0.4) is 0 Å². The molecular weight excluding hydrogens is 190 g/mol. The Bertz CT molecular complexity index is 302. The molecule has 2 rings (SSSR count). The monoisotopic (exact) mass is 207 g/mol. The molecule has 4 heteroatoms. The Labute approximate surface area is 89.5 Å². The number of aromatic nitrogens is 2. The molecule has 0 aliphatic heterocycles. The minimum Gasteiger partial charge on any atom is -0.355 e. The zero-order valence-electron chi connectivity index (χ0n) is 8.83. The highest BCUT2D eigenvalue weighted by Crippen LogP contribution is 2.24. The van der Waals surface area contributed by atoms with Gasteiger partial charge in [0.1, 0.15) is 0 Å². The maximum atomic E-state index is 11.6. The van der Waals surface area contributed by atoms with Crippen LogP contribution in [0.4, 0.5) is 0 Å². The van der Waals surface area contributed by atoms with Gasteiger partial charge in [0.15, 0.2) is 0 Å². The molecule has 0 atom stereocenters. The van der Waals surface area contributed by atoms with Crippen LogP contribution in [0.15, 0.2) is 12.5 Å². The molecule has 1 heterocycles. The van der Waals surface area contributed by atoms with Crippen LogP contribution >= 0.6 is 0 Å². The summed E-state index contributed by atoms with van der Waals surface area (Å²) in [5.74, 6) is 0.499. The van der Waals surface area contributed by atoms with Gasteiger partial charge in [-0.25, -0.2) is 4.98 Å². The van der Waals surface area contributed by atoms with E-state index in [2.05, 4.69) is 15.3 Å². The van der Waals surface area contributed by atoms with Crippen molar-refractivity contribution in [3.05, 3.63) is 18.2 Å². The van der Waals surface area contributed by atoms with E-state index in [4.69, 9.17) is 0 Å². The summed E-state index contributed by atoms with van der Waals surface area (Å²) in [7, 11) is 0. The minimum absolute atomic E-state index is 0.229. The fourth-order valence-corrected chi connectivity index (χ4v) is 2.07. The Morgan fingerprint density at radius 3 is 3.00 bits per heavy atom. The SMILES string of the molecule is O=C(NCCc1cnc[nH]1)C1CCCC1. The fraction of sp³-hybridized carbons (Fsp3) is 0.636. The third-order valence-electron chi connectivity index (χ3n) is 2.97. The van der Waals surface area contributed by atoms with Crippen LogP contribution in [-0.4, -0.2) is 22.4 Å². The number of carbonyl (C=O) groups excluding carboxylic acids is 1. The van der Waals surface area contributed by atoms with Gasteiger partial charge in [-0.2, -0.15) is 0 Å². The van der Waals surface area contributed by atoms with E-state index in [1.165, 1.54) is 12.8 Å². The van der Waals surface area contributed by atoms with Crippen molar-refractivity contribution >= 4 is 5.91 Å². The molecule has 0 bridgehead atoms. The molecular formula is C11H17N3O. The van der Waals surface area contributed by atoms with Gasteiger partial charge >= 0.3 is 0 Å².